The molecule has 1 aromatic carbocycles. The van der Waals surface area contributed by atoms with E-state index in [0.29, 0.717) is 12.2 Å². The van der Waals surface area contributed by atoms with Gasteiger partial charge in [0, 0.05) is 12.1 Å². The van der Waals surface area contributed by atoms with E-state index in [1.54, 1.807) is 0 Å². The first-order chi connectivity index (χ1) is 6.72. The number of hydrogen-bond donors (Lipinski definition) is 1. The fraction of sp³-hybridized carbons (Fsp3) is 0.222. The summed E-state index contributed by atoms with van der Waals surface area (Å²) in [6.07, 6.45) is 0.386. The Bertz CT molecular complexity index is 341. The highest BCUT2D eigenvalue weighted by Crippen LogP contribution is 2.30. The predicted molar refractivity (Wildman–Crippen MR) is 49.2 cm³/mol. The van der Waals surface area contributed by atoms with Gasteiger partial charge >= 0.3 is 0 Å². The summed E-state index contributed by atoms with van der Waals surface area (Å²) in [7, 11) is 2.78. The average Bonchev–Trinajstić information content (AvgIpc) is 2.21. The Morgan fingerprint density at radius 2 is 2.07 bits per heavy atom. The van der Waals surface area contributed by atoms with Crippen molar-refractivity contribution in [1.82, 2.24) is 0 Å². The van der Waals surface area contributed by atoms with E-state index in [9.17, 15) is 9.18 Å². The second kappa shape index (κ2) is 4.45. The lowest BCUT2D eigenvalue weighted by Gasteiger charge is -2.09. The molecule has 1 rings (SSSR count). The zero-order valence-electron chi connectivity index (χ0n) is 7.83. The number of ether oxygens (including phenoxy) is 2. The summed E-state index contributed by atoms with van der Waals surface area (Å²) in [5, 5.41) is 2.21. The zero-order valence-corrected chi connectivity index (χ0v) is 7.83. The molecule has 0 radical (unpaired) electrons. The molecule has 0 aliphatic rings. The van der Waals surface area contributed by atoms with E-state index in [1.165, 1.54) is 26.4 Å². The highest BCUT2D eigenvalue weighted by Gasteiger charge is 2.11. The van der Waals surface area contributed by atoms with Crippen LogP contribution >= 0.6 is 0 Å². The Morgan fingerprint density at radius 1 is 1.36 bits per heavy atom. The summed E-state index contributed by atoms with van der Waals surface area (Å²) >= 11 is 0. The van der Waals surface area contributed by atoms with Crippen molar-refractivity contribution in [2.45, 2.75) is 0 Å². The lowest BCUT2D eigenvalue weighted by Crippen LogP contribution is -2.00. The maximum Gasteiger partial charge on any atom is 0.211 e. The number of nitrogens with one attached hydrogen (secondary N) is 1. The summed E-state index contributed by atoms with van der Waals surface area (Å²) in [6, 6.07) is 2.76. The van der Waals surface area contributed by atoms with Gasteiger partial charge in [-0.05, 0) is 0 Å². The van der Waals surface area contributed by atoms with Crippen LogP contribution in [0.3, 0.4) is 0 Å². The van der Waals surface area contributed by atoms with Gasteiger partial charge in [0.05, 0.1) is 19.9 Å². The summed E-state index contributed by atoms with van der Waals surface area (Å²) in [5.41, 5.74) is 0.0243. The number of amides is 1. The van der Waals surface area contributed by atoms with Gasteiger partial charge in [-0.15, -0.1) is 0 Å². The molecular weight excluding hydrogens is 189 g/mol. The maximum absolute atomic E-state index is 13.4. The van der Waals surface area contributed by atoms with E-state index in [-0.39, 0.29) is 11.4 Å². The first kappa shape index (κ1) is 10.3. The van der Waals surface area contributed by atoms with Crippen molar-refractivity contribution in [2.75, 3.05) is 19.5 Å². The largest absolute Gasteiger partial charge is 0.497 e. The molecule has 0 fully saturated rings. The Balaban J connectivity index is 3.19. The minimum Gasteiger partial charge on any atom is -0.497 e. The lowest BCUT2D eigenvalue weighted by atomic mass is 10.2. The monoisotopic (exact) mass is 199 g/mol. The van der Waals surface area contributed by atoms with E-state index < -0.39 is 5.82 Å². The van der Waals surface area contributed by atoms with Gasteiger partial charge < -0.3 is 14.8 Å². The predicted octanol–water partition coefficient (Wildman–Crippen LogP) is 1.41. The lowest BCUT2D eigenvalue weighted by molar-refractivity contribution is -0.105. The van der Waals surface area contributed by atoms with Crippen LogP contribution in [0, 0.1) is 5.82 Å². The number of anilines is 1. The number of hydrogen-bond acceptors (Lipinski definition) is 3. The van der Waals surface area contributed by atoms with Crippen LogP contribution in [-0.2, 0) is 4.79 Å². The maximum atomic E-state index is 13.4. The molecule has 0 aliphatic carbocycles. The van der Waals surface area contributed by atoms with Crippen LogP contribution in [0.5, 0.6) is 11.5 Å². The van der Waals surface area contributed by atoms with Crippen molar-refractivity contribution in [3.8, 4) is 11.5 Å². The molecule has 0 aliphatic heterocycles. The molecule has 1 amide bonds. The number of methoxy groups -OCH3 is 2. The second-order valence-corrected chi connectivity index (χ2v) is 2.45. The van der Waals surface area contributed by atoms with Crippen molar-refractivity contribution in [3.63, 3.8) is 0 Å². The molecule has 0 heterocycles. The fourth-order valence-electron chi connectivity index (χ4n) is 1.01. The van der Waals surface area contributed by atoms with Crippen LogP contribution in [0.15, 0.2) is 12.1 Å². The SMILES string of the molecule is COc1cc(NC=O)c(F)c(OC)c1. The third-order valence-electron chi connectivity index (χ3n) is 1.68. The minimum absolute atomic E-state index is 0.0219. The van der Waals surface area contributed by atoms with Gasteiger partial charge in [0.15, 0.2) is 11.6 Å². The third-order valence-corrected chi connectivity index (χ3v) is 1.68. The van der Waals surface area contributed by atoms with E-state index >= 15 is 0 Å². The van der Waals surface area contributed by atoms with Gasteiger partial charge in [-0.3, -0.25) is 4.79 Å². The van der Waals surface area contributed by atoms with Gasteiger partial charge in [-0.2, -0.15) is 0 Å². The molecule has 1 aromatic rings. The zero-order chi connectivity index (χ0) is 10.6. The molecule has 5 heteroatoms. The molecule has 0 saturated heterocycles. The standard InChI is InChI=1S/C9H10FNO3/c1-13-6-3-7(11-5-12)9(10)8(4-6)14-2/h3-5H,1-2H3,(H,11,12). The second-order valence-electron chi connectivity index (χ2n) is 2.45. The highest BCUT2D eigenvalue weighted by atomic mass is 19.1. The van der Waals surface area contributed by atoms with E-state index in [1.807, 2.05) is 0 Å². The summed E-state index contributed by atoms with van der Waals surface area (Å²) in [4.78, 5) is 10.2. The highest BCUT2D eigenvalue weighted by molar-refractivity contribution is 5.73. The van der Waals surface area contributed by atoms with Gasteiger partial charge in [-0.1, -0.05) is 0 Å². The Morgan fingerprint density at radius 3 is 2.57 bits per heavy atom. The Labute approximate surface area is 80.6 Å². The first-order valence-corrected chi connectivity index (χ1v) is 3.84. The summed E-state index contributed by atoms with van der Waals surface area (Å²) in [5.74, 6) is -0.193. The van der Waals surface area contributed by atoms with Crippen LogP contribution in [-0.4, -0.2) is 20.6 Å². The minimum atomic E-state index is -0.625. The fourth-order valence-corrected chi connectivity index (χ4v) is 1.01. The molecule has 0 atom stereocenters. The van der Waals surface area contributed by atoms with Crippen molar-refractivity contribution < 1.29 is 18.7 Å². The molecule has 0 saturated carbocycles. The molecule has 76 valence electrons. The molecule has 0 unspecified atom stereocenters. The van der Waals surface area contributed by atoms with Gasteiger partial charge in [0.25, 0.3) is 0 Å². The molecule has 0 spiro atoms. The number of carbonyl (C=O) groups excluding carboxylic acids is 1. The van der Waals surface area contributed by atoms with Crippen molar-refractivity contribution in [2.24, 2.45) is 0 Å². The number of benzene rings is 1. The molecule has 0 aromatic heterocycles. The third kappa shape index (κ3) is 1.93. The molecule has 1 N–H and O–H groups in total. The topological polar surface area (TPSA) is 47.6 Å². The molecular formula is C9H10FNO3. The summed E-state index contributed by atoms with van der Waals surface area (Å²) in [6.45, 7) is 0. The van der Waals surface area contributed by atoms with Crippen LogP contribution in [0.1, 0.15) is 0 Å². The number of halogens is 1. The quantitative estimate of drug-likeness (QED) is 0.746. The number of rotatable bonds is 4. The van der Waals surface area contributed by atoms with Crippen LogP contribution in [0.2, 0.25) is 0 Å². The normalized spacial score (nSPS) is 9.36. The van der Waals surface area contributed by atoms with E-state index in [4.69, 9.17) is 9.47 Å². The smallest absolute Gasteiger partial charge is 0.211 e. The molecule has 4 nitrogen and oxygen atoms in total. The van der Waals surface area contributed by atoms with Crippen LogP contribution in [0.25, 0.3) is 0 Å². The van der Waals surface area contributed by atoms with E-state index in [2.05, 4.69) is 5.32 Å². The molecule has 0 bridgehead atoms. The van der Waals surface area contributed by atoms with Crippen molar-refractivity contribution in [3.05, 3.63) is 17.9 Å². The van der Waals surface area contributed by atoms with Crippen LogP contribution in [0.4, 0.5) is 10.1 Å². The number of carbonyl (C=O) groups is 1. The van der Waals surface area contributed by atoms with Crippen LogP contribution < -0.4 is 14.8 Å². The Hall–Kier alpha value is -1.78. The average molecular weight is 199 g/mol. The Kier molecular flexibility index (Phi) is 3.28. The summed E-state index contributed by atoms with van der Waals surface area (Å²) < 4.78 is 23.0. The van der Waals surface area contributed by atoms with Gasteiger partial charge in [0.1, 0.15) is 5.75 Å². The van der Waals surface area contributed by atoms with Gasteiger partial charge in [-0.25, -0.2) is 4.39 Å². The first-order valence-electron chi connectivity index (χ1n) is 3.84. The molecule has 14 heavy (non-hydrogen) atoms. The van der Waals surface area contributed by atoms with Crippen molar-refractivity contribution in [1.29, 1.82) is 0 Å². The van der Waals surface area contributed by atoms with E-state index in [0.717, 1.165) is 0 Å². The van der Waals surface area contributed by atoms with Gasteiger partial charge in [0.2, 0.25) is 6.41 Å². The van der Waals surface area contributed by atoms with Crippen molar-refractivity contribution >= 4 is 12.1 Å².